The highest BCUT2D eigenvalue weighted by Gasteiger charge is 2.29. The average Bonchev–Trinajstić information content (AvgIpc) is 3.49. The fourth-order valence-corrected chi connectivity index (χ4v) is 3.40. The molecule has 1 N–H and O–H groups in total. The third kappa shape index (κ3) is 3.98. The van der Waals surface area contributed by atoms with E-state index in [9.17, 15) is 0 Å². The van der Waals surface area contributed by atoms with Crippen LogP contribution in [0, 0.1) is 0 Å². The molecule has 0 saturated heterocycles. The molecule has 2 heterocycles. The Bertz CT molecular complexity index is 753. The topological polar surface area (TPSA) is 50.3 Å². The van der Waals surface area contributed by atoms with Gasteiger partial charge in [0.2, 0.25) is 5.88 Å². The zero-order valence-electron chi connectivity index (χ0n) is 15.8. The highest BCUT2D eigenvalue weighted by Crippen LogP contribution is 2.39. The number of nitrogens with one attached hydrogen (secondary N) is 1. The SMILES string of the molecule is CN(C)c1ccc(CCOc2nc(C3CC3)nc3c2CCNCC3)cc1. The fraction of sp³-hybridized carbons (Fsp3) is 0.524. The molecule has 0 amide bonds. The summed E-state index contributed by atoms with van der Waals surface area (Å²) in [5, 5.41) is 3.45. The first-order valence-corrected chi connectivity index (χ1v) is 9.70. The highest BCUT2D eigenvalue weighted by molar-refractivity contribution is 5.46. The van der Waals surface area contributed by atoms with Gasteiger partial charge in [-0.25, -0.2) is 4.98 Å². The molecule has 1 aromatic carbocycles. The van der Waals surface area contributed by atoms with Gasteiger partial charge in [-0.1, -0.05) is 12.1 Å². The molecular formula is C21H28N4O. The van der Waals surface area contributed by atoms with Crippen molar-refractivity contribution < 1.29 is 4.74 Å². The summed E-state index contributed by atoms with van der Waals surface area (Å²) in [7, 11) is 4.12. The number of nitrogens with zero attached hydrogens (tertiary/aromatic N) is 3. The Morgan fingerprint density at radius 1 is 1.08 bits per heavy atom. The lowest BCUT2D eigenvalue weighted by Gasteiger charge is -2.15. The van der Waals surface area contributed by atoms with Crippen LogP contribution < -0.4 is 15.0 Å². The van der Waals surface area contributed by atoms with E-state index in [1.165, 1.54) is 35.3 Å². The Hall–Kier alpha value is -2.14. The van der Waals surface area contributed by atoms with E-state index in [0.29, 0.717) is 12.5 Å². The van der Waals surface area contributed by atoms with Crippen LogP contribution in [0.2, 0.25) is 0 Å². The molecule has 26 heavy (non-hydrogen) atoms. The Morgan fingerprint density at radius 2 is 1.85 bits per heavy atom. The molecule has 5 nitrogen and oxygen atoms in total. The molecular weight excluding hydrogens is 324 g/mol. The molecule has 2 aliphatic rings. The van der Waals surface area contributed by atoms with Crippen molar-refractivity contribution in [3.8, 4) is 5.88 Å². The van der Waals surface area contributed by atoms with E-state index in [1.807, 2.05) is 0 Å². The summed E-state index contributed by atoms with van der Waals surface area (Å²) >= 11 is 0. The summed E-state index contributed by atoms with van der Waals surface area (Å²) in [6, 6.07) is 8.67. The Kier molecular flexibility index (Phi) is 5.07. The summed E-state index contributed by atoms with van der Waals surface area (Å²) in [6.45, 7) is 2.62. The van der Waals surface area contributed by atoms with Gasteiger partial charge in [-0.3, -0.25) is 0 Å². The fourth-order valence-electron chi connectivity index (χ4n) is 3.40. The van der Waals surface area contributed by atoms with E-state index in [2.05, 4.69) is 48.6 Å². The van der Waals surface area contributed by atoms with Crippen LogP contribution in [0.25, 0.3) is 0 Å². The molecule has 1 aliphatic heterocycles. The average molecular weight is 352 g/mol. The first kappa shape index (κ1) is 17.3. The number of rotatable bonds is 6. The number of hydrogen-bond acceptors (Lipinski definition) is 5. The quantitative estimate of drug-likeness (QED) is 0.866. The van der Waals surface area contributed by atoms with Crippen molar-refractivity contribution in [1.29, 1.82) is 0 Å². The van der Waals surface area contributed by atoms with Gasteiger partial charge >= 0.3 is 0 Å². The van der Waals surface area contributed by atoms with Crippen molar-refractivity contribution in [2.45, 2.75) is 38.0 Å². The van der Waals surface area contributed by atoms with Gasteiger partial charge in [0.25, 0.3) is 0 Å². The largest absolute Gasteiger partial charge is 0.477 e. The van der Waals surface area contributed by atoms with Gasteiger partial charge in [-0.15, -0.1) is 0 Å². The second kappa shape index (κ2) is 7.62. The molecule has 0 unspecified atom stereocenters. The predicted octanol–water partition coefficient (Wildman–Crippen LogP) is 2.73. The lowest BCUT2D eigenvalue weighted by molar-refractivity contribution is 0.303. The molecule has 0 radical (unpaired) electrons. The second-order valence-electron chi connectivity index (χ2n) is 7.50. The number of fused-ring (bicyclic) bond motifs is 1. The van der Waals surface area contributed by atoms with Gasteiger partial charge in [0, 0.05) is 50.7 Å². The normalized spacial score (nSPS) is 16.7. The Morgan fingerprint density at radius 3 is 2.58 bits per heavy atom. The molecule has 0 bridgehead atoms. The summed E-state index contributed by atoms with van der Waals surface area (Å²) < 4.78 is 6.17. The first-order valence-electron chi connectivity index (χ1n) is 9.70. The van der Waals surface area contributed by atoms with Crippen molar-refractivity contribution in [3.63, 3.8) is 0 Å². The van der Waals surface area contributed by atoms with Crippen LogP contribution in [-0.4, -0.2) is 43.8 Å². The maximum atomic E-state index is 6.17. The smallest absolute Gasteiger partial charge is 0.220 e. The van der Waals surface area contributed by atoms with Crippen LogP contribution >= 0.6 is 0 Å². The van der Waals surface area contributed by atoms with Crippen LogP contribution in [0.4, 0.5) is 5.69 Å². The van der Waals surface area contributed by atoms with E-state index in [1.54, 1.807) is 0 Å². The van der Waals surface area contributed by atoms with E-state index < -0.39 is 0 Å². The second-order valence-corrected chi connectivity index (χ2v) is 7.50. The predicted molar refractivity (Wildman–Crippen MR) is 104 cm³/mol. The molecule has 2 aromatic rings. The zero-order chi connectivity index (χ0) is 17.9. The molecule has 1 aliphatic carbocycles. The standard InChI is InChI=1S/C21H28N4O/c1-25(2)17-7-3-15(4-8-17)11-14-26-21-18-9-12-22-13-10-19(18)23-20(24-21)16-5-6-16/h3-4,7-8,16,22H,5-6,9-14H2,1-2H3. The molecule has 5 heteroatoms. The highest BCUT2D eigenvalue weighted by atomic mass is 16.5. The van der Waals surface area contributed by atoms with Crippen LogP contribution in [0.5, 0.6) is 5.88 Å². The van der Waals surface area contributed by atoms with Crippen molar-refractivity contribution in [2.75, 3.05) is 38.7 Å². The number of aromatic nitrogens is 2. The maximum Gasteiger partial charge on any atom is 0.220 e. The zero-order valence-corrected chi connectivity index (χ0v) is 15.8. The third-order valence-corrected chi connectivity index (χ3v) is 5.19. The van der Waals surface area contributed by atoms with Gasteiger partial charge in [0.05, 0.1) is 12.3 Å². The summed E-state index contributed by atoms with van der Waals surface area (Å²) in [4.78, 5) is 11.8. The van der Waals surface area contributed by atoms with Crippen LogP contribution in [0.15, 0.2) is 24.3 Å². The minimum Gasteiger partial charge on any atom is -0.477 e. The number of anilines is 1. The molecule has 1 aromatic heterocycles. The molecule has 0 atom stereocenters. The van der Waals surface area contributed by atoms with Crippen LogP contribution in [-0.2, 0) is 19.3 Å². The minimum atomic E-state index is 0.553. The minimum absolute atomic E-state index is 0.553. The Balaban J connectivity index is 1.46. The van der Waals surface area contributed by atoms with Crippen LogP contribution in [0.3, 0.4) is 0 Å². The molecule has 0 spiro atoms. The van der Waals surface area contributed by atoms with Gasteiger partial charge < -0.3 is 15.0 Å². The van der Waals surface area contributed by atoms with E-state index in [-0.39, 0.29) is 0 Å². The number of ether oxygens (including phenoxy) is 1. The Labute approximate surface area is 155 Å². The van der Waals surface area contributed by atoms with E-state index in [0.717, 1.165) is 44.1 Å². The third-order valence-electron chi connectivity index (χ3n) is 5.19. The maximum absolute atomic E-state index is 6.17. The number of hydrogen-bond donors (Lipinski definition) is 1. The lowest BCUT2D eigenvalue weighted by Crippen LogP contribution is -2.16. The van der Waals surface area contributed by atoms with Gasteiger partial charge in [0.1, 0.15) is 5.82 Å². The molecule has 4 rings (SSSR count). The monoisotopic (exact) mass is 352 g/mol. The molecule has 138 valence electrons. The summed E-state index contributed by atoms with van der Waals surface area (Å²) in [5.74, 6) is 2.37. The van der Waals surface area contributed by atoms with Crippen molar-refractivity contribution >= 4 is 5.69 Å². The van der Waals surface area contributed by atoms with Gasteiger partial charge in [-0.05, 0) is 43.5 Å². The van der Waals surface area contributed by atoms with E-state index >= 15 is 0 Å². The van der Waals surface area contributed by atoms with Crippen molar-refractivity contribution in [3.05, 3.63) is 46.9 Å². The number of benzene rings is 1. The van der Waals surface area contributed by atoms with Crippen molar-refractivity contribution in [2.24, 2.45) is 0 Å². The lowest BCUT2D eigenvalue weighted by atomic mass is 10.1. The van der Waals surface area contributed by atoms with Gasteiger partial charge in [0.15, 0.2) is 0 Å². The molecule has 1 saturated carbocycles. The first-order chi connectivity index (χ1) is 12.7. The summed E-state index contributed by atoms with van der Waals surface area (Å²) in [6.07, 6.45) is 5.25. The van der Waals surface area contributed by atoms with Crippen molar-refractivity contribution in [1.82, 2.24) is 15.3 Å². The van der Waals surface area contributed by atoms with Crippen LogP contribution in [0.1, 0.15) is 41.4 Å². The summed E-state index contributed by atoms with van der Waals surface area (Å²) in [5.41, 5.74) is 4.91. The van der Waals surface area contributed by atoms with E-state index in [4.69, 9.17) is 14.7 Å². The van der Waals surface area contributed by atoms with Gasteiger partial charge in [-0.2, -0.15) is 4.98 Å². The molecule has 1 fully saturated rings.